The fourth-order valence-electron chi connectivity index (χ4n) is 3.87. The van der Waals surface area contributed by atoms with E-state index in [1.165, 1.54) is 69.8 Å². The van der Waals surface area contributed by atoms with Crippen molar-refractivity contribution in [2.24, 2.45) is 5.92 Å². The van der Waals surface area contributed by atoms with Crippen LogP contribution in [0.4, 0.5) is 0 Å². The zero-order valence-corrected chi connectivity index (χ0v) is 15.1. The van der Waals surface area contributed by atoms with Crippen molar-refractivity contribution in [2.45, 2.75) is 70.1 Å². The zero-order chi connectivity index (χ0) is 16.3. The Bertz CT molecular complexity index is 404. The highest BCUT2D eigenvalue weighted by Crippen LogP contribution is 2.38. The Balaban J connectivity index is 1.58. The monoisotopic (exact) mass is 318 g/mol. The van der Waals surface area contributed by atoms with E-state index < -0.39 is 0 Å². The molecule has 0 unspecified atom stereocenters. The summed E-state index contributed by atoms with van der Waals surface area (Å²) in [7, 11) is 3.53. The molecule has 2 nitrogen and oxygen atoms in total. The van der Waals surface area contributed by atoms with Crippen LogP contribution < -0.4 is 4.74 Å². The summed E-state index contributed by atoms with van der Waals surface area (Å²) in [5.74, 6) is 2.71. The van der Waals surface area contributed by atoms with E-state index in [1.807, 2.05) is 0 Å². The Morgan fingerprint density at radius 3 is 2.13 bits per heavy atom. The second-order valence-electron chi connectivity index (χ2n) is 7.04. The maximum Gasteiger partial charge on any atom is 0.118 e. The van der Waals surface area contributed by atoms with Gasteiger partial charge in [0.2, 0.25) is 0 Å². The fraction of sp³-hybridized carbons (Fsp3) is 0.714. The number of hydrogen-bond donors (Lipinski definition) is 0. The molecule has 1 saturated carbocycles. The second-order valence-corrected chi connectivity index (χ2v) is 7.04. The van der Waals surface area contributed by atoms with Gasteiger partial charge in [0.1, 0.15) is 5.75 Å². The summed E-state index contributed by atoms with van der Waals surface area (Å²) in [6.45, 7) is 0.926. The Morgan fingerprint density at radius 2 is 1.48 bits per heavy atom. The number of rotatable bonds is 10. The first-order valence-electron chi connectivity index (χ1n) is 9.46. The van der Waals surface area contributed by atoms with Crippen LogP contribution in [0, 0.1) is 5.92 Å². The summed E-state index contributed by atoms with van der Waals surface area (Å²) in [5, 5.41) is 0. The molecule has 1 aromatic carbocycles. The van der Waals surface area contributed by atoms with Gasteiger partial charge in [0, 0.05) is 13.7 Å². The first kappa shape index (κ1) is 18.3. The summed E-state index contributed by atoms with van der Waals surface area (Å²) in [6.07, 6.45) is 13.8. The molecular formula is C21H34O2. The van der Waals surface area contributed by atoms with Gasteiger partial charge < -0.3 is 9.47 Å². The lowest BCUT2D eigenvalue weighted by atomic mass is 9.77. The van der Waals surface area contributed by atoms with E-state index in [0.29, 0.717) is 0 Å². The van der Waals surface area contributed by atoms with Gasteiger partial charge in [-0.1, -0.05) is 44.2 Å². The maximum absolute atomic E-state index is 5.25. The quantitative estimate of drug-likeness (QED) is 0.496. The van der Waals surface area contributed by atoms with Crippen LogP contribution in [-0.4, -0.2) is 20.8 Å². The van der Waals surface area contributed by atoms with E-state index in [-0.39, 0.29) is 0 Å². The molecule has 0 amide bonds. The third-order valence-corrected chi connectivity index (χ3v) is 5.39. The van der Waals surface area contributed by atoms with Crippen LogP contribution in [0.3, 0.4) is 0 Å². The van der Waals surface area contributed by atoms with Crippen molar-refractivity contribution in [3.05, 3.63) is 29.8 Å². The van der Waals surface area contributed by atoms with E-state index in [1.54, 1.807) is 14.2 Å². The van der Waals surface area contributed by atoms with Crippen LogP contribution in [0.5, 0.6) is 5.75 Å². The Kier molecular flexibility index (Phi) is 8.52. The van der Waals surface area contributed by atoms with Gasteiger partial charge in [-0.05, 0) is 61.6 Å². The molecule has 0 radical (unpaired) electrons. The van der Waals surface area contributed by atoms with Crippen LogP contribution in [0.15, 0.2) is 24.3 Å². The average Bonchev–Trinajstić information content (AvgIpc) is 2.61. The highest BCUT2D eigenvalue weighted by molar-refractivity contribution is 5.29. The minimum atomic E-state index is 0.770. The van der Waals surface area contributed by atoms with Crippen molar-refractivity contribution >= 4 is 0 Å². The molecule has 130 valence electrons. The van der Waals surface area contributed by atoms with Gasteiger partial charge in [0.05, 0.1) is 7.11 Å². The third kappa shape index (κ3) is 6.55. The number of benzene rings is 1. The highest BCUT2D eigenvalue weighted by Gasteiger charge is 2.21. The SMILES string of the molecule is COCCCCCCCC1CCC(c2ccc(OC)cc2)CC1. The third-order valence-electron chi connectivity index (χ3n) is 5.39. The molecule has 0 saturated heterocycles. The van der Waals surface area contributed by atoms with Crippen molar-refractivity contribution in [3.63, 3.8) is 0 Å². The van der Waals surface area contributed by atoms with Gasteiger partial charge in [0.25, 0.3) is 0 Å². The summed E-state index contributed by atoms with van der Waals surface area (Å²) >= 11 is 0. The van der Waals surface area contributed by atoms with Gasteiger partial charge in [0.15, 0.2) is 0 Å². The van der Waals surface area contributed by atoms with Gasteiger partial charge in [-0.15, -0.1) is 0 Å². The highest BCUT2D eigenvalue weighted by atomic mass is 16.5. The molecule has 0 aliphatic heterocycles. The summed E-state index contributed by atoms with van der Waals surface area (Å²) in [5.41, 5.74) is 1.50. The lowest BCUT2D eigenvalue weighted by Crippen LogP contribution is -2.13. The van der Waals surface area contributed by atoms with Crippen LogP contribution in [0.25, 0.3) is 0 Å². The molecule has 1 fully saturated rings. The van der Waals surface area contributed by atoms with Crippen LogP contribution in [0.1, 0.15) is 75.7 Å². The van der Waals surface area contributed by atoms with E-state index in [2.05, 4.69) is 24.3 Å². The average molecular weight is 319 g/mol. The van der Waals surface area contributed by atoms with Crippen LogP contribution >= 0.6 is 0 Å². The lowest BCUT2D eigenvalue weighted by Gasteiger charge is -2.29. The Hall–Kier alpha value is -1.02. The van der Waals surface area contributed by atoms with E-state index >= 15 is 0 Å². The molecule has 0 spiro atoms. The second kappa shape index (κ2) is 10.7. The first-order chi connectivity index (χ1) is 11.3. The molecule has 0 bridgehead atoms. The summed E-state index contributed by atoms with van der Waals surface area (Å²) in [6, 6.07) is 8.71. The van der Waals surface area contributed by atoms with Crippen LogP contribution in [0.2, 0.25) is 0 Å². The molecule has 0 aromatic heterocycles. The predicted octanol–water partition coefficient (Wildman–Crippen LogP) is 5.96. The molecular weight excluding hydrogens is 284 g/mol. The standard InChI is InChI=1S/C21H34O2/c1-22-17-7-5-3-4-6-8-18-9-11-19(12-10-18)20-13-15-21(23-2)16-14-20/h13-16,18-19H,3-12,17H2,1-2H3. The largest absolute Gasteiger partial charge is 0.497 e. The first-order valence-corrected chi connectivity index (χ1v) is 9.46. The Morgan fingerprint density at radius 1 is 0.826 bits per heavy atom. The molecule has 2 heteroatoms. The van der Waals surface area contributed by atoms with E-state index in [9.17, 15) is 0 Å². The molecule has 0 heterocycles. The van der Waals surface area contributed by atoms with Gasteiger partial charge in [-0.2, -0.15) is 0 Å². The van der Waals surface area contributed by atoms with Crippen molar-refractivity contribution in [2.75, 3.05) is 20.8 Å². The summed E-state index contributed by atoms with van der Waals surface area (Å²) in [4.78, 5) is 0. The molecule has 1 aliphatic carbocycles. The van der Waals surface area contributed by atoms with Crippen molar-refractivity contribution in [1.29, 1.82) is 0 Å². The molecule has 2 rings (SSSR count). The minimum absolute atomic E-state index is 0.770. The number of ether oxygens (including phenoxy) is 2. The molecule has 1 aliphatic rings. The molecule has 0 atom stereocenters. The maximum atomic E-state index is 5.25. The van der Waals surface area contributed by atoms with Gasteiger partial charge in [-0.3, -0.25) is 0 Å². The number of hydrogen-bond acceptors (Lipinski definition) is 2. The van der Waals surface area contributed by atoms with Gasteiger partial charge >= 0.3 is 0 Å². The van der Waals surface area contributed by atoms with Crippen molar-refractivity contribution < 1.29 is 9.47 Å². The molecule has 0 N–H and O–H groups in total. The lowest BCUT2D eigenvalue weighted by molar-refractivity contribution is 0.191. The van der Waals surface area contributed by atoms with E-state index in [0.717, 1.165) is 24.2 Å². The Labute approximate surface area is 142 Å². The summed E-state index contributed by atoms with van der Waals surface area (Å²) < 4.78 is 10.3. The zero-order valence-electron chi connectivity index (χ0n) is 15.1. The van der Waals surface area contributed by atoms with Crippen molar-refractivity contribution in [1.82, 2.24) is 0 Å². The topological polar surface area (TPSA) is 18.5 Å². The normalized spacial score (nSPS) is 21.3. The smallest absolute Gasteiger partial charge is 0.118 e. The van der Waals surface area contributed by atoms with E-state index in [4.69, 9.17) is 9.47 Å². The van der Waals surface area contributed by atoms with Crippen molar-refractivity contribution in [3.8, 4) is 5.75 Å². The van der Waals surface area contributed by atoms with Gasteiger partial charge in [-0.25, -0.2) is 0 Å². The molecule has 1 aromatic rings. The van der Waals surface area contributed by atoms with Crippen LogP contribution in [-0.2, 0) is 4.74 Å². The minimum Gasteiger partial charge on any atom is -0.497 e. The number of unbranched alkanes of at least 4 members (excludes halogenated alkanes) is 4. The number of methoxy groups -OCH3 is 2. The molecule has 23 heavy (non-hydrogen) atoms. The fourth-order valence-corrected chi connectivity index (χ4v) is 3.87. The predicted molar refractivity (Wildman–Crippen MR) is 97.3 cm³/mol.